The van der Waals surface area contributed by atoms with Gasteiger partial charge >= 0.3 is 0 Å². The molecule has 2 N–H and O–H groups in total. The minimum Gasteiger partial charge on any atom is -0.337 e. The number of likely N-dealkylation sites (tertiary alicyclic amines) is 1. The van der Waals surface area contributed by atoms with E-state index in [2.05, 4.69) is 12.6 Å². The smallest absolute Gasteiger partial charge is 0.253 e. The van der Waals surface area contributed by atoms with Crippen LogP contribution in [0, 0.1) is 0 Å². The second-order valence-electron chi connectivity index (χ2n) is 4.20. The van der Waals surface area contributed by atoms with E-state index in [0.29, 0.717) is 12.1 Å². The Morgan fingerprint density at radius 3 is 3.00 bits per heavy atom. The third kappa shape index (κ3) is 2.57. The number of hydrogen-bond acceptors (Lipinski definition) is 3. The van der Waals surface area contributed by atoms with E-state index in [1.54, 1.807) is 6.07 Å². The molecule has 1 aliphatic rings. The summed E-state index contributed by atoms with van der Waals surface area (Å²) < 4.78 is 0. The molecule has 1 aromatic carbocycles. The number of amides is 1. The zero-order valence-electron chi connectivity index (χ0n) is 9.10. The first-order valence-corrected chi connectivity index (χ1v) is 5.95. The predicted molar refractivity (Wildman–Crippen MR) is 66.8 cm³/mol. The molecule has 0 aromatic heterocycles. The summed E-state index contributed by atoms with van der Waals surface area (Å²) in [5.41, 5.74) is 6.56. The molecule has 0 spiro atoms. The van der Waals surface area contributed by atoms with Crippen molar-refractivity contribution in [1.29, 1.82) is 0 Å². The first kappa shape index (κ1) is 11.5. The van der Waals surface area contributed by atoms with Crippen LogP contribution in [0.4, 0.5) is 0 Å². The Hall–Kier alpha value is -1.00. The van der Waals surface area contributed by atoms with Crippen LogP contribution in [0.2, 0.25) is 0 Å². The number of benzene rings is 1. The number of thiol groups is 1. The molecule has 1 unspecified atom stereocenters. The van der Waals surface area contributed by atoms with Gasteiger partial charge in [-0.05, 0) is 31.0 Å². The number of nitrogens with two attached hydrogens (primary N) is 1. The van der Waals surface area contributed by atoms with Crippen molar-refractivity contribution < 1.29 is 4.79 Å². The van der Waals surface area contributed by atoms with Crippen LogP contribution in [0.5, 0.6) is 0 Å². The number of rotatable bonds is 1. The predicted octanol–water partition coefficient (Wildman–Crippen LogP) is 1.54. The number of hydrogen-bond donors (Lipinski definition) is 2. The molecule has 1 saturated heterocycles. The lowest BCUT2D eigenvalue weighted by Crippen LogP contribution is -2.45. The Balaban J connectivity index is 2.12. The average Bonchev–Trinajstić information content (AvgIpc) is 2.28. The summed E-state index contributed by atoms with van der Waals surface area (Å²) >= 11 is 4.23. The second-order valence-corrected chi connectivity index (χ2v) is 4.72. The van der Waals surface area contributed by atoms with Crippen LogP contribution in [0.1, 0.15) is 23.2 Å². The van der Waals surface area contributed by atoms with Gasteiger partial charge < -0.3 is 10.6 Å². The Labute approximate surface area is 101 Å². The van der Waals surface area contributed by atoms with Crippen molar-refractivity contribution in [2.75, 3.05) is 13.1 Å². The Morgan fingerprint density at radius 1 is 1.50 bits per heavy atom. The van der Waals surface area contributed by atoms with Gasteiger partial charge in [0.05, 0.1) is 0 Å². The zero-order valence-corrected chi connectivity index (χ0v) is 9.99. The number of piperidine rings is 1. The number of nitrogens with zero attached hydrogens (tertiary/aromatic N) is 1. The quantitative estimate of drug-likeness (QED) is 0.727. The first-order valence-electron chi connectivity index (χ1n) is 5.50. The summed E-state index contributed by atoms with van der Waals surface area (Å²) in [6.07, 6.45) is 2.00. The van der Waals surface area contributed by atoms with Gasteiger partial charge in [0.15, 0.2) is 0 Å². The molecule has 1 aliphatic heterocycles. The lowest BCUT2D eigenvalue weighted by atomic mass is 10.1. The van der Waals surface area contributed by atoms with Crippen molar-refractivity contribution in [3.8, 4) is 0 Å². The highest BCUT2D eigenvalue weighted by atomic mass is 32.1. The van der Waals surface area contributed by atoms with Crippen molar-refractivity contribution in [2.45, 2.75) is 23.8 Å². The molecule has 4 heteroatoms. The normalized spacial score (nSPS) is 20.9. The molecular weight excluding hydrogens is 220 g/mol. The van der Waals surface area contributed by atoms with Crippen molar-refractivity contribution in [3.05, 3.63) is 29.8 Å². The summed E-state index contributed by atoms with van der Waals surface area (Å²) in [4.78, 5) is 14.8. The fourth-order valence-electron chi connectivity index (χ4n) is 2.02. The summed E-state index contributed by atoms with van der Waals surface area (Å²) in [6, 6.07) is 7.45. The average molecular weight is 236 g/mol. The molecule has 1 fully saturated rings. The van der Waals surface area contributed by atoms with Crippen molar-refractivity contribution >= 4 is 18.5 Å². The highest BCUT2D eigenvalue weighted by molar-refractivity contribution is 7.80. The third-order valence-corrected chi connectivity index (χ3v) is 3.12. The van der Waals surface area contributed by atoms with E-state index in [9.17, 15) is 4.79 Å². The molecule has 86 valence electrons. The minimum atomic E-state index is 0.0612. The Kier molecular flexibility index (Phi) is 3.51. The molecule has 1 aromatic rings. The maximum Gasteiger partial charge on any atom is 0.253 e. The van der Waals surface area contributed by atoms with Crippen LogP contribution >= 0.6 is 12.6 Å². The van der Waals surface area contributed by atoms with Crippen molar-refractivity contribution in [2.24, 2.45) is 5.73 Å². The van der Waals surface area contributed by atoms with Crippen LogP contribution < -0.4 is 5.73 Å². The lowest BCUT2D eigenvalue weighted by molar-refractivity contribution is 0.0708. The van der Waals surface area contributed by atoms with Crippen molar-refractivity contribution in [3.63, 3.8) is 0 Å². The monoisotopic (exact) mass is 236 g/mol. The van der Waals surface area contributed by atoms with Gasteiger partial charge in [0, 0.05) is 29.6 Å². The molecule has 2 rings (SSSR count). The van der Waals surface area contributed by atoms with Gasteiger partial charge in [-0.1, -0.05) is 6.07 Å². The maximum absolute atomic E-state index is 12.1. The fourth-order valence-corrected chi connectivity index (χ4v) is 2.24. The van der Waals surface area contributed by atoms with Crippen LogP contribution in [-0.4, -0.2) is 29.9 Å². The first-order chi connectivity index (χ1) is 7.66. The molecule has 0 radical (unpaired) electrons. The lowest BCUT2D eigenvalue weighted by Gasteiger charge is -2.30. The maximum atomic E-state index is 12.1. The van der Waals surface area contributed by atoms with Crippen molar-refractivity contribution in [1.82, 2.24) is 4.90 Å². The standard InChI is InChI=1S/C12H16N2OS/c13-10-4-2-6-14(8-10)12(15)9-3-1-5-11(16)7-9/h1,3,5,7,10,16H,2,4,6,8,13H2. The zero-order chi connectivity index (χ0) is 11.5. The van der Waals surface area contributed by atoms with E-state index >= 15 is 0 Å². The van der Waals surface area contributed by atoms with Gasteiger partial charge in [0.2, 0.25) is 0 Å². The summed E-state index contributed by atoms with van der Waals surface area (Å²) in [6.45, 7) is 1.47. The highest BCUT2D eigenvalue weighted by Crippen LogP contribution is 2.15. The van der Waals surface area contributed by atoms with Gasteiger partial charge in [-0.2, -0.15) is 0 Å². The molecular formula is C12H16N2OS. The molecule has 1 atom stereocenters. The van der Waals surface area contributed by atoms with Gasteiger partial charge in [0.1, 0.15) is 0 Å². The fraction of sp³-hybridized carbons (Fsp3) is 0.417. The number of carbonyl (C=O) groups excluding carboxylic acids is 1. The Bertz CT molecular complexity index is 394. The molecule has 3 nitrogen and oxygen atoms in total. The van der Waals surface area contributed by atoms with Crippen LogP contribution in [0.3, 0.4) is 0 Å². The largest absolute Gasteiger partial charge is 0.337 e. The van der Waals surface area contributed by atoms with E-state index in [0.717, 1.165) is 24.3 Å². The molecule has 0 bridgehead atoms. The molecule has 1 amide bonds. The SMILES string of the molecule is NC1CCCN(C(=O)c2cccc(S)c2)C1. The summed E-state index contributed by atoms with van der Waals surface area (Å²) in [7, 11) is 0. The number of carbonyl (C=O) groups is 1. The van der Waals surface area contributed by atoms with Crippen LogP contribution in [0.25, 0.3) is 0 Å². The van der Waals surface area contributed by atoms with Gasteiger partial charge in [-0.3, -0.25) is 4.79 Å². The van der Waals surface area contributed by atoms with Gasteiger partial charge in [0.25, 0.3) is 5.91 Å². The van der Waals surface area contributed by atoms with E-state index in [1.807, 2.05) is 23.1 Å². The molecule has 1 heterocycles. The summed E-state index contributed by atoms with van der Waals surface area (Å²) in [5, 5.41) is 0. The van der Waals surface area contributed by atoms with E-state index in [1.165, 1.54) is 0 Å². The molecule has 16 heavy (non-hydrogen) atoms. The third-order valence-electron chi connectivity index (χ3n) is 2.84. The second kappa shape index (κ2) is 4.89. The van der Waals surface area contributed by atoms with Crippen LogP contribution in [0.15, 0.2) is 29.2 Å². The highest BCUT2D eigenvalue weighted by Gasteiger charge is 2.22. The summed E-state index contributed by atoms with van der Waals surface area (Å²) in [5.74, 6) is 0.0612. The van der Waals surface area contributed by atoms with Gasteiger partial charge in [-0.15, -0.1) is 12.6 Å². The molecule has 0 aliphatic carbocycles. The molecule has 0 saturated carbocycles. The van der Waals surface area contributed by atoms with Gasteiger partial charge in [-0.25, -0.2) is 0 Å². The van der Waals surface area contributed by atoms with E-state index in [4.69, 9.17) is 5.73 Å². The van der Waals surface area contributed by atoms with Crippen LogP contribution in [-0.2, 0) is 0 Å². The van der Waals surface area contributed by atoms with E-state index < -0.39 is 0 Å². The Morgan fingerprint density at radius 2 is 2.31 bits per heavy atom. The topological polar surface area (TPSA) is 46.3 Å². The van der Waals surface area contributed by atoms with E-state index in [-0.39, 0.29) is 11.9 Å². The minimum absolute atomic E-state index is 0.0612.